The molecule has 3 aromatic carbocycles. The molecular weight excluding hydrogens is 416 g/mol. The number of urea groups is 1. The normalized spacial score (nSPS) is 13.4. The van der Waals surface area contributed by atoms with Crippen LogP contribution in [-0.4, -0.2) is 55.0 Å². The van der Waals surface area contributed by atoms with Crippen molar-refractivity contribution in [2.45, 2.75) is 6.92 Å². The van der Waals surface area contributed by atoms with Crippen LogP contribution < -0.4 is 15.4 Å². The minimum atomic E-state index is -0.144. The number of para-hydroxylation sites is 1. The maximum atomic E-state index is 13.3. The van der Waals surface area contributed by atoms with Crippen LogP contribution in [0.25, 0.3) is 0 Å². The molecule has 3 amide bonds. The van der Waals surface area contributed by atoms with E-state index in [2.05, 4.69) is 10.6 Å². The maximum absolute atomic E-state index is 13.3. The number of benzene rings is 3. The summed E-state index contributed by atoms with van der Waals surface area (Å²) in [7, 11) is 1.63. The molecule has 33 heavy (non-hydrogen) atoms. The van der Waals surface area contributed by atoms with E-state index < -0.39 is 0 Å². The Morgan fingerprint density at radius 1 is 0.818 bits per heavy atom. The lowest BCUT2D eigenvalue weighted by molar-refractivity contribution is 0.0672. The van der Waals surface area contributed by atoms with E-state index in [0.29, 0.717) is 31.7 Å². The number of carbonyl (C=O) groups excluding carboxylic acids is 2. The highest BCUT2D eigenvalue weighted by Crippen LogP contribution is 2.24. The number of carbonyl (C=O) groups is 2. The molecule has 0 spiro atoms. The molecule has 7 heteroatoms. The summed E-state index contributed by atoms with van der Waals surface area (Å²) in [6.45, 7) is 3.92. The SMILES string of the molecule is COc1ccc(Nc2ccccc2C(=O)N2CCN(C(=O)Nc3cccc(C)c3)CC2)cc1. The molecule has 170 valence electrons. The number of piperazine rings is 1. The third-order valence-electron chi connectivity index (χ3n) is 5.65. The van der Waals surface area contributed by atoms with E-state index in [1.165, 1.54) is 0 Å². The third-order valence-corrected chi connectivity index (χ3v) is 5.65. The van der Waals surface area contributed by atoms with E-state index in [0.717, 1.165) is 28.4 Å². The van der Waals surface area contributed by atoms with Gasteiger partial charge in [-0.25, -0.2) is 4.79 Å². The Morgan fingerprint density at radius 3 is 2.21 bits per heavy atom. The number of ether oxygens (including phenoxy) is 1. The first kappa shape index (κ1) is 22.2. The van der Waals surface area contributed by atoms with Gasteiger partial charge >= 0.3 is 6.03 Å². The molecule has 7 nitrogen and oxygen atoms in total. The summed E-state index contributed by atoms with van der Waals surface area (Å²) in [4.78, 5) is 29.4. The molecule has 1 heterocycles. The van der Waals surface area contributed by atoms with Gasteiger partial charge in [0.15, 0.2) is 0 Å². The van der Waals surface area contributed by atoms with E-state index >= 15 is 0 Å². The van der Waals surface area contributed by atoms with E-state index in [-0.39, 0.29) is 11.9 Å². The van der Waals surface area contributed by atoms with Crippen molar-refractivity contribution >= 4 is 29.0 Å². The van der Waals surface area contributed by atoms with Crippen LogP contribution in [0.2, 0.25) is 0 Å². The molecule has 4 rings (SSSR count). The molecule has 0 radical (unpaired) electrons. The summed E-state index contributed by atoms with van der Waals surface area (Å²) >= 11 is 0. The molecular formula is C26H28N4O3. The van der Waals surface area contributed by atoms with Gasteiger partial charge in [0.1, 0.15) is 5.75 Å². The van der Waals surface area contributed by atoms with Crippen LogP contribution in [0.3, 0.4) is 0 Å². The van der Waals surface area contributed by atoms with Crippen molar-refractivity contribution < 1.29 is 14.3 Å². The fourth-order valence-corrected chi connectivity index (χ4v) is 3.82. The fourth-order valence-electron chi connectivity index (χ4n) is 3.82. The van der Waals surface area contributed by atoms with Crippen molar-refractivity contribution in [2.75, 3.05) is 43.9 Å². The standard InChI is InChI=1S/C26H28N4O3/c1-19-6-5-7-21(18-19)28-26(32)30-16-14-29(15-17-30)25(31)23-8-3-4-9-24(23)27-20-10-12-22(33-2)13-11-20/h3-13,18,27H,14-17H2,1-2H3,(H,28,32). The first-order valence-corrected chi connectivity index (χ1v) is 11.0. The van der Waals surface area contributed by atoms with Gasteiger partial charge < -0.3 is 25.2 Å². The van der Waals surface area contributed by atoms with Crippen LogP contribution in [0.5, 0.6) is 5.75 Å². The van der Waals surface area contributed by atoms with Gasteiger partial charge in [-0.1, -0.05) is 24.3 Å². The van der Waals surface area contributed by atoms with Gasteiger partial charge in [0, 0.05) is 37.6 Å². The second-order valence-corrected chi connectivity index (χ2v) is 7.98. The summed E-state index contributed by atoms with van der Waals surface area (Å²) in [5.74, 6) is 0.722. The molecule has 0 aliphatic carbocycles. The lowest BCUT2D eigenvalue weighted by Gasteiger charge is -2.35. The largest absolute Gasteiger partial charge is 0.497 e. The van der Waals surface area contributed by atoms with Crippen LogP contribution in [-0.2, 0) is 0 Å². The van der Waals surface area contributed by atoms with Gasteiger partial charge in [-0.3, -0.25) is 4.79 Å². The van der Waals surface area contributed by atoms with Crippen LogP contribution in [0, 0.1) is 6.92 Å². The Hall–Kier alpha value is -4.00. The third kappa shape index (κ3) is 5.44. The summed E-state index contributed by atoms with van der Waals surface area (Å²) in [6, 6.07) is 22.6. The highest BCUT2D eigenvalue weighted by atomic mass is 16.5. The van der Waals surface area contributed by atoms with Crippen molar-refractivity contribution in [3.05, 3.63) is 83.9 Å². The first-order chi connectivity index (χ1) is 16.0. The molecule has 0 bridgehead atoms. The molecule has 1 fully saturated rings. The number of nitrogens with one attached hydrogen (secondary N) is 2. The number of hydrogen-bond acceptors (Lipinski definition) is 4. The molecule has 0 atom stereocenters. The second kappa shape index (κ2) is 10.1. The van der Waals surface area contributed by atoms with Crippen molar-refractivity contribution in [1.29, 1.82) is 0 Å². The molecule has 1 saturated heterocycles. The van der Waals surface area contributed by atoms with Crippen LogP contribution >= 0.6 is 0 Å². The van der Waals surface area contributed by atoms with Crippen LogP contribution in [0.4, 0.5) is 21.9 Å². The molecule has 2 N–H and O–H groups in total. The van der Waals surface area contributed by atoms with Gasteiger partial charge in [0.25, 0.3) is 5.91 Å². The predicted octanol–water partition coefficient (Wildman–Crippen LogP) is 4.74. The fraction of sp³-hybridized carbons (Fsp3) is 0.231. The Kier molecular flexibility index (Phi) is 6.78. The Morgan fingerprint density at radius 2 is 1.52 bits per heavy atom. The van der Waals surface area contributed by atoms with E-state index in [1.807, 2.05) is 79.7 Å². The lowest BCUT2D eigenvalue weighted by Crippen LogP contribution is -2.51. The number of aryl methyl sites for hydroxylation is 1. The predicted molar refractivity (Wildman–Crippen MR) is 130 cm³/mol. The summed E-state index contributed by atoms with van der Waals surface area (Å²) < 4.78 is 5.20. The second-order valence-electron chi connectivity index (χ2n) is 7.98. The molecule has 1 aliphatic rings. The molecule has 1 aliphatic heterocycles. The molecule has 0 unspecified atom stereocenters. The molecule has 0 saturated carbocycles. The minimum Gasteiger partial charge on any atom is -0.497 e. The Balaban J connectivity index is 1.38. The molecule has 3 aromatic rings. The van der Waals surface area contributed by atoms with Gasteiger partial charge in [0.05, 0.1) is 18.4 Å². The maximum Gasteiger partial charge on any atom is 0.321 e. The monoisotopic (exact) mass is 444 g/mol. The highest BCUT2D eigenvalue weighted by Gasteiger charge is 2.26. The number of amides is 3. The average Bonchev–Trinajstić information content (AvgIpc) is 2.84. The van der Waals surface area contributed by atoms with Gasteiger partial charge in [-0.05, 0) is 61.0 Å². The van der Waals surface area contributed by atoms with Crippen molar-refractivity contribution in [1.82, 2.24) is 9.80 Å². The topological polar surface area (TPSA) is 73.9 Å². The zero-order valence-corrected chi connectivity index (χ0v) is 18.9. The van der Waals surface area contributed by atoms with Crippen molar-refractivity contribution in [3.63, 3.8) is 0 Å². The van der Waals surface area contributed by atoms with Crippen molar-refractivity contribution in [3.8, 4) is 5.75 Å². The summed E-state index contributed by atoms with van der Waals surface area (Å²) in [6.07, 6.45) is 0. The number of rotatable bonds is 5. The summed E-state index contributed by atoms with van der Waals surface area (Å²) in [5, 5.41) is 6.26. The van der Waals surface area contributed by atoms with Crippen LogP contribution in [0.15, 0.2) is 72.8 Å². The Bertz CT molecular complexity index is 1120. The van der Waals surface area contributed by atoms with E-state index in [4.69, 9.17) is 4.74 Å². The zero-order valence-electron chi connectivity index (χ0n) is 18.9. The van der Waals surface area contributed by atoms with Gasteiger partial charge in [-0.2, -0.15) is 0 Å². The van der Waals surface area contributed by atoms with Crippen molar-refractivity contribution in [2.24, 2.45) is 0 Å². The number of anilines is 3. The van der Waals surface area contributed by atoms with Crippen LogP contribution in [0.1, 0.15) is 15.9 Å². The van der Waals surface area contributed by atoms with E-state index in [9.17, 15) is 9.59 Å². The highest BCUT2D eigenvalue weighted by molar-refractivity contribution is 6.00. The van der Waals surface area contributed by atoms with Gasteiger partial charge in [0.2, 0.25) is 0 Å². The number of nitrogens with zero attached hydrogens (tertiary/aromatic N) is 2. The average molecular weight is 445 g/mol. The number of methoxy groups -OCH3 is 1. The lowest BCUT2D eigenvalue weighted by atomic mass is 10.1. The van der Waals surface area contributed by atoms with Gasteiger partial charge in [-0.15, -0.1) is 0 Å². The zero-order chi connectivity index (χ0) is 23.2. The first-order valence-electron chi connectivity index (χ1n) is 11.0. The molecule has 0 aromatic heterocycles. The smallest absolute Gasteiger partial charge is 0.321 e. The Labute approximate surface area is 194 Å². The number of hydrogen-bond donors (Lipinski definition) is 2. The summed E-state index contributed by atoms with van der Waals surface area (Å²) in [5.41, 5.74) is 4.08. The van der Waals surface area contributed by atoms with E-state index in [1.54, 1.807) is 16.9 Å². The quantitative estimate of drug-likeness (QED) is 0.596. The minimum absolute atomic E-state index is 0.0506.